The van der Waals surface area contributed by atoms with Crippen LogP contribution in [-0.2, 0) is 14.4 Å². The van der Waals surface area contributed by atoms with E-state index in [4.69, 9.17) is 5.11 Å². The topological polar surface area (TPSA) is 86.7 Å². The number of hydrogen-bond donors (Lipinski definition) is 2. The Hall–Kier alpha value is -2.44. The van der Waals surface area contributed by atoms with Gasteiger partial charge >= 0.3 is 5.97 Å². The quantitative estimate of drug-likeness (QED) is 0.855. The smallest absolute Gasteiger partial charge is 0.343 e. The molecule has 23 heavy (non-hydrogen) atoms. The molecule has 0 bridgehead atoms. The van der Waals surface area contributed by atoms with E-state index in [-0.39, 0.29) is 31.2 Å². The Morgan fingerprint density at radius 2 is 2.00 bits per heavy atom. The molecule has 1 aromatic carbocycles. The summed E-state index contributed by atoms with van der Waals surface area (Å²) in [5, 5.41) is 11.6. The van der Waals surface area contributed by atoms with E-state index in [1.165, 1.54) is 11.8 Å². The van der Waals surface area contributed by atoms with Gasteiger partial charge in [-0.3, -0.25) is 9.59 Å². The summed E-state index contributed by atoms with van der Waals surface area (Å²) in [5.41, 5.74) is -1.62. The molecule has 2 amide bonds. The third kappa shape index (κ3) is 4.06. The van der Waals surface area contributed by atoms with E-state index in [1.807, 2.05) is 6.07 Å². The number of rotatable bonds is 5. The van der Waals surface area contributed by atoms with E-state index in [0.717, 1.165) is 5.56 Å². The van der Waals surface area contributed by atoms with E-state index >= 15 is 0 Å². The van der Waals surface area contributed by atoms with Gasteiger partial charge in [0.2, 0.25) is 17.5 Å². The first kappa shape index (κ1) is 16.9. The second-order valence-electron chi connectivity index (χ2n) is 5.70. The highest BCUT2D eigenvalue weighted by Crippen LogP contribution is 2.27. The predicted molar refractivity (Wildman–Crippen MR) is 80.3 cm³/mol. The maximum absolute atomic E-state index is 14.1. The molecule has 0 radical (unpaired) electrons. The highest BCUT2D eigenvalue weighted by molar-refractivity contribution is 5.83. The van der Waals surface area contributed by atoms with Gasteiger partial charge in [-0.05, 0) is 5.56 Å². The first-order valence-electron chi connectivity index (χ1n) is 7.34. The second-order valence-corrected chi connectivity index (χ2v) is 5.70. The van der Waals surface area contributed by atoms with Crippen molar-refractivity contribution < 1.29 is 23.9 Å². The molecule has 0 aromatic heterocycles. The van der Waals surface area contributed by atoms with E-state index in [0.29, 0.717) is 0 Å². The molecule has 0 saturated carbocycles. The Labute approximate surface area is 133 Å². The number of carboxylic acid groups (broad SMARTS) is 1. The summed E-state index contributed by atoms with van der Waals surface area (Å²) in [5.74, 6) is -2.21. The van der Waals surface area contributed by atoms with Crippen molar-refractivity contribution in [3.05, 3.63) is 35.9 Å². The third-order valence-corrected chi connectivity index (χ3v) is 3.91. The maximum atomic E-state index is 14.1. The van der Waals surface area contributed by atoms with Crippen molar-refractivity contribution in [2.75, 3.05) is 13.1 Å². The van der Waals surface area contributed by atoms with Crippen LogP contribution in [0.5, 0.6) is 0 Å². The summed E-state index contributed by atoms with van der Waals surface area (Å²) in [6, 6.07) is 8.45. The summed E-state index contributed by atoms with van der Waals surface area (Å²) in [6.07, 6.45) is -0.260. The number of nitrogens with one attached hydrogen (secondary N) is 1. The minimum Gasteiger partial charge on any atom is -0.479 e. The Morgan fingerprint density at radius 3 is 2.52 bits per heavy atom. The largest absolute Gasteiger partial charge is 0.479 e. The normalized spacial score (nSPS) is 21.7. The fraction of sp³-hybridized carbons (Fsp3) is 0.438. The first-order chi connectivity index (χ1) is 10.8. The van der Waals surface area contributed by atoms with Crippen LogP contribution in [0.25, 0.3) is 0 Å². The van der Waals surface area contributed by atoms with Crippen molar-refractivity contribution in [1.29, 1.82) is 0 Å². The van der Waals surface area contributed by atoms with Gasteiger partial charge in [0, 0.05) is 19.9 Å². The van der Waals surface area contributed by atoms with Crippen LogP contribution < -0.4 is 5.32 Å². The Balaban J connectivity index is 2.07. The van der Waals surface area contributed by atoms with Crippen LogP contribution in [0.3, 0.4) is 0 Å². The zero-order valence-electron chi connectivity index (χ0n) is 12.8. The molecule has 1 heterocycles. The van der Waals surface area contributed by atoms with Gasteiger partial charge in [0.1, 0.15) is 0 Å². The fourth-order valence-corrected chi connectivity index (χ4v) is 2.65. The molecule has 2 rings (SSSR count). The number of likely N-dealkylation sites (tertiary alicyclic amines) is 1. The van der Waals surface area contributed by atoms with Gasteiger partial charge in [-0.1, -0.05) is 30.3 Å². The number of carbonyl (C=O) groups excluding carboxylic acids is 2. The monoisotopic (exact) mass is 322 g/mol. The van der Waals surface area contributed by atoms with Gasteiger partial charge in [-0.15, -0.1) is 0 Å². The Morgan fingerprint density at radius 1 is 1.35 bits per heavy atom. The minimum atomic E-state index is -2.38. The van der Waals surface area contributed by atoms with Crippen LogP contribution in [0.4, 0.5) is 4.39 Å². The molecule has 124 valence electrons. The number of benzene rings is 1. The lowest BCUT2D eigenvalue weighted by Crippen LogP contribution is -2.40. The highest BCUT2D eigenvalue weighted by Gasteiger charge is 2.46. The maximum Gasteiger partial charge on any atom is 0.343 e. The standard InChI is InChI=1S/C16H19FN2O4/c1-11(20)18-13(12-5-3-2-4-6-12)9-14(21)19-8-7-16(17,10-19)15(22)23/h2-6,13H,7-10H2,1H3,(H,18,20)(H,22,23). The summed E-state index contributed by atoms with van der Waals surface area (Å²) in [6.45, 7) is 0.958. The lowest BCUT2D eigenvalue weighted by Gasteiger charge is -2.22. The van der Waals surface area contributed by atoms with Crippen molar-refractivity contribution in [2.45, 2.75) is 31.5 Å². The lowest BCUT2D eigenvalue weighted by atomic mass is 10.0. The number of amides is 2. The summed E-state index contributed by atoms with van der Waals surface area (Å²) in [7, 11) is 0. The van der Waals surface area contributed by atoms with E-state index in [2.05, 4.69) is 5.32 Å². The zero-order chi connectivity index (χ0) is 17.0. The zero-order valence-corrected chi connectivity index (χ0v) is 12.8. The van der Waals surface area contributed by atoms with Crippen molar-refractivity contribution in [3.8, 4) is 0 Å². The number of nitrogens with zero attached hydrogens (tertiary/aromatic N) is 1. The molecular weight excluding hydrogens is 303 g/mol. The molecule has 1 aliphatic heterocycles. The van der Waals surface area contributed by atoms with Gasteiger partial charge in [0.05, 0.1) is 19.0 Å². The van der Waals surface area contributed by atoms with Crippen LogP contribution in [0.15, 0.2) is 30.3 Å². The van der Waals surface area contributed by atoms with Crippen LogP contribution in [0.2, 0.25) is 0 Å². The molecule has 0 aliphatic carbocycles. The highest BCUT2D eigenvalue weighted by atomic mass is 19.1. The van der Waals surface area contributed by atoms with Crippen molar-refractivity contribution in [3.63, 3.8) is 0 Å². The third-order valence-electron chi connectivity index (χ3n) is 3.91. The average molecular weight is 322 g/mol. The SMILES string of the molecule is CC(=O)NC(CC(=O)N1CCC(F)(C(=O)O)C1)c1ccccc1. The van der Waals surface area contributed by atoms with Crippen molar-refractivity contribution in [1.82, 2.24) is 10.2 Å². The number of halogens is 1. The molecule has 1 aromatic rings. The number of hydrogen-bond acceptors (Lipinski definition) is 3. The lowest BCUT2D eigenvalue weighted by molar-refractivity contribution is -0.150. The number of carbonyl (C=O) groups is 3. The predicted octanol–water partition coefficient (Wildman–Crippen LogP) is 1.28. The van der Waals surface area contributed by atoms with Crippen LogP contribution in [-0.4, -0.2) is 46.5 Å². The molecule has 6 nitrogen and oxygen atoms in total. The molecule has 2 atom stereocenters. The molecule has 0 spiro atoms. The van der Waals surface area contributed by atoms with Gasteiger partial charge in [-0.25, -0.2) is 9.18 Å². The Bertz CT molecular complexity index is 607. The van der Waals surface area contributed by atoms with Crippen molar-refractivity contribution >= 4 is 17.8 Å². The number of carboxylic acids is 1. The number of aliphatic carboxylic acids is 1. The van der Waals surface area contributed by atoms with Crippen LogP contribution >= 0.6 is 0 Å². The average Bonchev–Trinajstić information content (AvgIpc) is 2.91. The molecular formula is C16H19FN2O4. The van der Waals surface area contributed by atoms with Crippen molar-refractivity contribution in [2.24, 2.45) is 0 Å². The van der Waals surface area contributed by atoms with Gasteiger partial charge in [-0.2, -0.15) is 0 Å². The molecule has 7 heteroatoms. The fourth-order valence-electron chi connectivity index (χ4n) is 2.65. The van der Waals surface area contributed by atoms with Gasteiger partial charge < -0.3 is 15.3 Å². The first-order valence-corrected chi connectivity index (χ1v) is 7.34. The Kier molecular flexibility index (Phi) is 4.98. The molecule has 2 unspecified atom stereocenters. The summed E-state index contributed by atoms with van der Waals surface area (Å²) in [4.78, 5) is 35.8. The van der Waals surface area contributed by atoms with E-state index < -0.39 is 24.2 Å². The van der Waals surface area contributed by atoms with Crippen LogP contribution in [0.1, 0.15) is 31.4 Å². The van der Waals surface area contributed by atoms with Gasteiger partial charge in [0.15, 0.2) is 0 Å². The molecule has 1 fully saturated rings. The summed E-state index contributed by atoms with van der Waals surface area (Å²) < 4.78 is 14.1. The minimum absolute atomic E-state index is 0.0424. The van der Waals surface area contributed by atoms with Crippen LogP contribution in [0, 0.1) is 0 Å². The molecule has 1 saturated heterocycles. The second kappa shape index (κ2) is 6.76. The van der Waals surface area contributed by atoms with E-state index in [1.54, 1.807) is 24.3 Å². The number of alkyl halides is 1. The van der Waals surface area contributed by atoms with Gasteiger partial charge in [0.25, 0.3) is 0 Å². The molecule has 2 N–H and O–H groups in total. The molecule has 1 aliphatic rings. The van der Waals surface area contributed by atoms with E-state index in [9.17, 15) is 18.8 Å². The summed E-state index contributed by atoms with van der Waals surface area (Å²) >= 11 is 0.